The molecule has 0 saturated carbocycles. The normalized spacial score (nSPS) is 17.2. The van der Waals surface area contributed by atoms with E-state index >= 15 is 0 Å². The third-order valence-corrected chi connectivity index (χ3v) is 3.60. The minimum atomic E-state index is 0.508. The van der Waals surface area contributed by atoms with Crippen molar-refractivity contribution in [3.05, 3.63) is 29.3 Å². The van der Waals surface area contributed by atoms with Crippen molar-refractivity contribution in [3.8, 4) is 5.75 Å². The molecule has 0 radical (unpaired) electrons. The Morgan fingerprint density at radius 3 is 2.56 bits per heavy atom. The third-order valence-electron chi connectivity index (χ3n) is 3.60. The summed E-state index contributed by atoms with van der Waals surface area (Å²) < 4.78 is 0. The summed E-state index contributed by atoms with van der Waals surface area (Å²) in [5, 5.41) is 9.61. The summed E-state index contributed by atoms with van der Waals surface area (Å²) in [6.07, 6.45) is 9.36. The highest BCUT2D eigenvalue weighted by Gasteiger charge is 2.34. The molecule has 16 heavy (non-hydrogen) atoms. The molecule has 1 aliphatic carbocycles. The fraction of sp³-hybridized carbons (Fsp3) is 0.600. The maximum Gasteiger partial charge on any atom is 0.119 e. The van der Waals surface area contributed by atoms with Gasteiger partial charge in [0.2, 0.25) is 0 Å². The molecule has 0 amide bonds. The van der Waals surface area contributed by atoms with Crippen molar-refractivity contribution in [1.82, 2.24) is 0 Å². The topological polar surface area (TPSA) is 20.2 Å². The second-order valence-electron chi connectivity index (χ2n) is 4.89. The Morgan fingerprint density at radius 1 is 1.06 bits per heavy atom. The van der Waals surface area contributed by atoms with Crippen LogP contribution in [0.4, 0.5) is 0 Å². The molecular weight excluding hydrogens is 196 g/mol. The average Bonchev–Trinajstić information content (AvgIpc) is 2.99. The number of benzene rings is 1. The zero-order valence-electron chi connectivity index (χ0n) is 10.2. The minimum absolute atomic E-state index is 0.508. The van der Waals surface area contributed by atoms with Gasteiger partial charge in [0, 0.05) is 11.5 Å². The molecule has 1 aromatic rings. The van der Waals surface area contributed by atoms with Gasteiger partial charge < -0.3 is 5.11 Å². The first-order chi connectivity index (χ1) is 7.84. The first-order valence-corrected chi connectivity index (χ1v) is 6.66. The molecule has 0 aromatic heterocycles. The van der Waals surface area contributed by atoms with Gasteiger partial charge >= 0.3 is 0 Å². The monoisotopic (exact) mass is 218 g/mol. The maximum absolute atomic E-state index is 9.61. The lowest BCUT2D eigenvalue weighted by Gasteiger charge is -1.99. The Balaban J connectivity index is 1.62. The van der Waals surface area contributed by atoms with Gasteiger partial charge in [-0.15, -0.1) is 0 Å². The molecule has 1 unspecified atom stereocenters. The number of hydrogen-bond acceptors (Lipinski definition) is 1. The van der Waals surface area contributed by atoms with Crippen LogP contribution < -0.4 is 0 Å². The van der Waals surface area contributed by atoms with E-state index in [0.29, 0.717) is 11.7 Å². The minimum Gasteiger partial charge on any atom is -0.508 e. The van der Waals surface area contributed by atoms with E-state index in [1.54, 1.807) is 6.07 Å². The Labute approximate surface area is 98.5 Å². The van der Waals surface area contributed by atoms with E-state index in [1.165, 1.54) is 56.1 Å². The molecular formula is C15H22O. The van der Waals surface area contributed by atoms with E-state index in [0.717, 1.165) is 0 Å². The van der Waals surface area contributed by atoms with Crippen molar-refractivity contribution < 1.29 is 5.11 Å². The average molecular weight is 218 g/mol. The quantitative estimate of drug-likeness (QED) is 0.664. The van der Waals surface area contributed by atoms with Crippen molar-refractivity contribution >= 4 is 0 Å². The number of phenolic OH excluding ortho intramolecular Hbond substituents is 1. The van der Waals surface area contributed by atoms with Gasteiger partial charge in [0.25, 0.3) is 0 Å². The van der Waals surface area contributed by atoms with Gasteiger partial charge in [-0.3, -0.25) is 0 Å². The first-order valence-electron chi connectivity index (χ1n) is 6.66. The lowest BCUT2D eigenvalue weighted by atomic mass is 10.1. The molecule has 0 heterocycles. The van der Waals surface area contributed by atoms with Gasteiger partial charge in [-0.25, -0.2) is 0 Å². The summed E-state index contributed by atoms with van der Waals surface area (Å²) in [5.41, 5.74) is 2.60. The maximum atomic E-state index is 9.61. The molecule has 1 aliphatic rings. The standard InChI is InChI=1S/C15H22O/c1-2-3-4-5-6-7-9-12-13-10-8-11-14(16)15(12)13/h8,10-12,16H,2-7,9H2,1H3. The number of fused-ring (bicyclic) bond motifs is 1. The highest BCUT2D eigenvalue weighted by Crippen LogP contribution is 2.51. The van der Waals surface area contributed by atoms with Gasteiger partial charge in [0.05, 0.1) is 0 Å². The summed E-state index contributed by atoms with van der Waals surface area (Å²) >= 11 is 0. The number of phenols is 1. The van der Waals surface area contributed by atoms with Crippen molar-refractivity contribution in [1.29, 1.82) is 0 Å². The molecule has 1 atom stereocenters. The fourth-order valence-corrected chi connectivity index (χ4v) is 2.58. The van der Waals surface area contributed by atoms with Gasteiger partial charge in [-0.05, 0) is 18.1 Å². The summed E-state index contributed by atoms with van der Waals surface area (Å²) in [7, 11) is 0. The Bertz CT molecular complexity index is 343. The molecule has 1 nitrogen and oxygen atoms in total. The number of rotatable bonds is 7. The molecule has 0 saturated heterocycles. The van der Waals surface area contributed by atoms with Crippen molar-refractivity contribution in [2.24, 2.45) is 0 Å². The van der Waals surface area contributed by atoms with Crippen LogP contribution >= 0.6 is 0 Å². The van der Waals surface area contributed by atoms with Crippen LogP contribution in [0.5, 0.6) is 5.75 Å². The van der Waals surface area contributed by atoms with Crippen molar-refractivity contribution in [2.75, 3.05) is 0 Å². The molecule has 88 valence electrons. The third kappa shape index (κ3) is 2.58. The smallest absolute Gasteiger partial charge is 0.119 e. The van der Waals surface area contributed by atoms with Crippen molar-refractivity contribution in [3.63, 3.8) is 0 Å². The molecule has 2 rings (SSSR count). The zero-order chi connectivity index (χ0) is 11.4. The largest absolute Gasteiger partial charge is 0.508 e. The van der Waals surface area contributed by atoms with E-state index in [4.69, 9.17) is 0 Å². The molecule has 1 N–H and O–H groups in total. The Kier molecular flexibility index (Phi) is 3.87. The lowest BCUT2D eigenvalue weighted by Crippen LogP contribution is -1.81. The number of hydrogen-bond donors (Lipinski definition) is 1. The second-order valence-corrected chi connectivity index (χ2v) is 4.89. The summed E-state index contributed by atoms with van der Waals surface area (Å²) in [6, 6.07) is 5.91. The molecule has 0 aliphatic heterocycles. The van der Waals surface area contributed by atoms with Crippen LogP contribution in [0.2, 0.25) is 0 Å². The highest BCUT2D eigenvalue weighted by atomic mass is 16.3. The van der Waals surface area contributed by atoms with E-state index < -0.39 is 0 Å². The van der Waals surface area contributed by atoms with Gasteiger partial charge in [-0.2, -0.15) is 0 Å². The van der Waals surface area contributed by atoms with Crippen LogP contribution in [0.1, 0.15) is 68.9 Å². The van der Waals surface area contributed by atoms with Crippen LogP contribution in [0, 0.1) is 0 Å². The second kappa shape index (κ2) is 5.38. The molecule has 0 fully saturated rings. The van der Waals surface area contributed by atoms with Gasteiger partial charge in [-0.1, -0.05) is 57.6 Å². The fourth-order valence-electron chi connectivity index (χ4n) is 2.58. The SMILES string of the molecule is CCCCCCCCC1c2cccc(O)c21. The summed E-state index contributed by atoms with van der Waals surface area (Å²) in [4.78, 5) is 0. The van der Waals surface area contributed by atoms with Crippen LogP contribution in [0.15, 0.2) is 18.2 Å². The molecule has 1 heteroatoms. The van der Waals surface area contributed by atoms with E-state index in [9.17, 15) is 5.11 Å². The summed E-state index contributed by atoms with van der Waals surface area (Å²) in [5.74, 6) is 1.09. The van der Waals surface area contributed by atoms with Crippen molar-refractivity contribution in [2.45, 2.75) is 57.8 Å². The summed E-state index contributed by atoms with van der Waals surface area (Å²) in [6.45, 7) is 2.25. The van der Waals surface area contributed by atoms with Gasteiger partial charge in [0.15, 0.2) is 0 Å². The Morgan fingerprint density at radius 2 is 1.81 bits per heavy atom. The Hall–Kier alpha value is -0.980. The lowest BCUT2D eigenvalue weighted by molar-refractivity contribution is 0.471. The van der Waals surface area contributed by atoms with E-state index in [2.05, 4.69) is 13.0 Å². The molecule has 0 spiro atoms. The van der Waals surface area contributed by atoms with E-state index in [1.807, 2.05) is 6.07 Å². The van der Waals surface area contributed by atoms with Crippen LogP contribution in [-0.2, 0) is 0 Å². The van der Waals surface area contributed by atoms with Crippen LogP contribution in [0.25, 0.3) is 0 Å². The predicted octanol–water partition coefficient (Wildman–Crippen LogP) is 4.59. The highest BCUT2D eigenvalue weighted by molar-refractivity contribution is 5.59. The predicted molar refractivity (Wildman–Crippen MR) is 67.9 cm³/mol. The van der Waals surface area contributed by atoms with Crippen LogP contribution in [0.3, 0.4) is 0 Å². The number of unbranched alkanes of at least 4 members (excludes halogenated alkanes) is 5. The van der Waals surface area contributed by atoms with Crippen LogP contribution in [-0.4, -0.2) is 5.11 Å². The van der Waals surface area contributed by atoms with Gasteiger partial charge in [0.1, 0.15) is 5.75 Å². The molecule has 0 bridgehead atoms. The molecule has 1 aromatic carbocycles. The first kappa shape index (κ1) is 11.5. The van der Waals surface area contributed by atoms with E-state index in [-0.39, 0.29) is 0 Å². The zero-order valence-corrected chi connectivity index (χ0v) is 10.2. The number of aromatic hydroxyl groups is 1.